The van der Waals surface area contributed by atoms with Crippen molar-refractivity contribution in [3.8, 4) is 11.3 Å². The first-order valence-corrected chi connectivity index (χ1v) is 12.6. The van der Waals surface area contributed by atoms with Crippen LogP contribution in [0.15, 0.2) is 60.9 Å². The van der Waals surface area contributed by atoms with E-state index < -0.39 is 59.5 Å². The van der Waals surface area contributed by atoms with Crippen molar-refractivity contribution in [3.63, 3.8) is 0 Å². The summed E-state index contributed by atoms with van der Waals surface area (Å²) in [5, 5.41) is 17.5. The maximum Gasteiger partial charge on any atom is 0.488 e. The monoisotopic (exact) mass is 732 g/mol. The molecule has 0 amide bonds. The van der Waals surface area contributed by atoms with Crippen molar-refractivity contribution >= 4 is 47.4 Å². The molecule has 0 aliphatic carbocycles. The summed E-state index contributed by atoms with van der Waals surface area (Å²) in [7, 11) is -2.40. The Bertz CT molecular complexity index is 1550. The molecule has 0 radical (unpaired) electrons. The molecule has 4 rings (SSSR count). The average Bonchev–Trinajstić information content (AvgIpc) is 2.91. The fraction of sp³-hybridized carbons (Fsp3) is 0.167. The lowest BCUT2D eigenvalue weighted by molar-refractivity contribution is -0.144. The van der Waals surface area contributed by atoms with Gasteiger partial charge in [0.15, 0.2) is 0 Å². The quantitative estimate of drug-likeness (QED) is 0.0939. The molecule has 0 fully saturated rings. The summed E-state index contributed by atoms with van der Waals surface area (Å²) in [4.78, 5) is 14.3. The Balaban J connectivity index is 0.000000263. The van der Waals surface area contributed by atoms with Crippen molar-refractivity contribution in [2.75, 3.05) is 0 Å². The van der Waals surface area contributed by atoms with Gasteiger partial charge >= 0.3 is 31.8 Å². The third-order valence-corrected chi connectivity index (χ3v) is 5.58. The highest BCUT2D eigenvalue weighted by atomic mass is 35.5. The summed E-state index contributed by atoms with van der Waals surface area (Å²) < 4.78 is 150. The zero-order chi connectivity index (χ0) is 35.3. The predicted octanol–water partition coefficient (Wildman–Crippen LogP) is 8.02. The fourth-order valence-electron chi connectivity index (χ4n) is 3.04. The minimum atomic E-state index is -5.00. The predicted molar refractivity (Wildman–Crippen MR) is 141 cm³/mol. The molecule has 0 saturated heterocycles. The molecule has 2 aromatic heterocycles. The molecule has 0 bridgehead atoms. The molecule has 2 aromatic carbocycles. The second kappa shape index (κ2) is 15.0. The Morgan fingerprint density at radius 2 is 0.891 bits per heavy atom. The molecular weight excluding hydrogens is 721 g/mol. The number of alkyl halides is 12. The molecule has 2 heterocycles. The van der Waals surface area contributed by atoms with Crippen LogP contribution in [0.3, 0.4) is 0 Å². The van der Waals surface area contributed by atoms with Crippen molar-refractivity contribution in [3.05, 3.63) is 98.9 Å². The van der Waals surface area contributed by atoms with Crippen molar-refractivity contribution in [2.45, 2.75) is 24.7 Å². The maximum atomic E-state index is 12.7. The van der Waals surface area contributed by atoms with Crippen LogP contribution in [-0.2, 0) is 24.7 Å². The zero-order valence-corrected chi connectivity index (χ0v) is 24.0. The van der Waals surface area contributed by atoms with Crippen LogP contribution in [0.25, 0.3) is 11.3 Å². The number of hydrogen-bond acceptors (Lipinski definition) is 6. The largest absolute Gasteiger partial charge is 0.488 e. The van der Waals surface area contributed by atoms with Crippen LogP contribution >= 0.6 is 34.8 Å². The van der Waals surface area contributed by atoms with Gasteiger partial charge in [0.1, 0.15) is 5.15 Å². The molecule has 46 heavy (non-hydrogen) atoms. The van der Waals surface area contributed by atoms with Gasteiger partial charge in [0, 0.05) is 18.0 Å². The van der Waals surface area contributed by atoms with E-state index in [1.165, 1.54) is 12.3 Å². The number of benzene rings is 2. The van der Waals surface area contributed by atoms with E-state index in [0.717, 1.165) is 6.20 Å². The fourth-order valence-corrected chi connectivity index (χ4v) is 3.52. The minimum Gasteiger partial charge on any atom is -0.423 e. The minimum absolute atomic E-state index is 0.0479. The Hall–Kier alpha value is -3.39. The number of rotatable bonds is 2. The lowest BCUT2D eigenvalue weighted by Crippen LogP contribution is -2.32. The molecule has 0 aliphatic rings. The molecule has 0 unspecified atom stereocenters. The topological polar surface area (TPSA) is 92.0 Å². The third-order valence-electron chi connectivity index (χ3n) is 5.01. The first-order valence-electron chi connectivity index (χ1n) is 11.5. The summed E-state index contributed by atoms with van der Waals surface area (Å²) in [5.41, 5.74) is -7.35. The van der Waals surface area contributed by atoms with Gasteiger partial charge < -0.3 is 10.0 Å². The normalized spacial score (nSPS) is 12.0. The number of halogens is 15. The van der Waals surface area contributed by atoms with E-state index in [-0.39, 0.29) is 46.1 Å². The van der Waals surface area contributed by atoms with Crippen molar-refractivity contribution in [1.82, 2.24) is 19.9 Å². The Morgan fingerprint density at radius 3 is 1.20 bits per heavy atom. The van der Waals surface area contributed by atoms with Gasteiger partial charge in [-0.25, -0.2) is 19.9 Å². The first-order chi connectivity index (χ1) is 20.9. The first kappa shape index (κ1) is 38.8. The molecule has 6 nitrogen and oxygen atoms in total. The number of nitrogens with zero attached hydrogens (tertiary/aromatic N) is 4. The summed E-state index contributed by atoms with van der Waals surface area (Å²) in [6, 6.07) is 4.34. The molecule has 4 aromatic rings. The van der Waals surface area contributed by atoms with Crippen LogP contribution in [0.5, 0.6) is 0 Å². The lowest BCUT2D eigenvalue weighted by Gasteiger charge is -2.14. The highest BCUT2D eigenvalue weighted by molar-refractivity contribution is 6.58. The number of hydrogen-bond donors (Lipinski definition) is 2. The van der Waals surface area contributed by atoms with Gasteiger partial charge in [-0.3, -0.25) is 0 Å². The highest BCUT2D eigenvalue weighted by Crippen LogP contribution is 2.38. The van der Waals surface area contributed by atoms with Gasteiger partial charge in [0.2, 0.25) is 10.6 Å². The third kappa shape index (κ3) is 12.1. The summed E-state index contributed by atoms with van der Waals surface area (Å²) >= 11 is 16.2. The molecule has 0 atom stereocenters. The number of aromatic nitrogens is 4. The second-order valence-electron chi connectivity index (χ2n) is 8.37. The van der Waals surface area contributed by atoms with Gasteiger partial charge in [0.05, 0.1) is 27.9 Å². The zero-order valence-electron chi connectivity index (χ0n) is 21.7. The Kier molecular flexibility index (Phi) is 12.7. The maximum absolute atomic E-state index is 12.7. The molecule has 2 N–H and O–H groups in total. The van der Waals surface area contributed by atoms with Crippen molar-refractivity contribution < 1.29 is 62.7 Å². The molecule has 22 heteroatoms. The van der Waals surface area contributed by atoms with E-state index in [1.54, 1.807) is 6.07 Å². The van der Waals surface area contributed by atoms with Gasteiger partial charge in [0.25, 0.3) is 0 Å². The van der Waals surface area contributed by atoms with E-state index >= 15 is 0 Å². The molecule has 0 aliphatic heterocycles. The smallest absolute Gasteiger partial charge is 0.423 e. The summed E-state index contributed by atoms with van der Waals surface area (Å²) in [6.07, 6.45) is -17.2. The SMILES string of the molecule is Clc1ccnc(Cl)n1.FC(F)(F)c1cc(-c2ccnc(Cl)n2)cc(C(F)(F)F)c1.OB(O)c1cc(C(F)(F)F)cc(C(F)(F)F)c1. The van der Waals surface area contributed by atoms with Gasteiger partial charge in [-0.1, -0.05) is 23.7 Å². The van der Waals surface area contributed by atoms with Crippen LogP contribution in [0.2, 0.25) is 15.7 Å². The molecule has 0 spiro atoms. The van der Waals surface area contributed by atoms with E-state index in [2.05, 4.69) is 19.9 Å². The van der Waals surface area contributed by atoms with E-state index in [0.29, 0.717) is 17.3 Å². The summed E-state index contributed by atoms with van der Waals surface area (Å²) in [5.74, 6) is 0. The van der Waals surface area contributed by atoms with Crippen LogP contribution in [-0.4, -0.2) is 37.1 Å². The lowest BCUT2D eigenvalue weighted by atomic mass is 9.78. The molecule has 0 saturated carbocycles. The van der Waals surface area contributed by atoms with E-state index in [1.807, 2.05) is 0 Å². The van der Waals surface area contributed by atoms with Crippen LogP contribution < -0.4 is 5.46 Å². The average molecular weight is 734 g/mol. The molecular formula is C24H12BCl3F12N4O2. The Labute approximate surface area is 264 Å². The van der Waals surface area contributed by atoms with Crippen molar-refractivity contribution in [1.29, 1.82) is 0 Å². The van der Waals surface area contributed by atoms with Gasteiger partial charge in [-0.2, -0.15) is 52.7 Å². The van der Waals surface area contributed by atoms with Crippen LogP contribution in [0, 0.1) is 0 Å². The standard InChI is InChI=1S/C12H5ClF6N2.C8H5BF6O2.C4H2Cl2N2/c13-10-20-2-1-9(21-10)6-3-7(11(14,15)16)5-8(4-6)12(17,18)19;10-7(11,12)4-1-5(8(13,14)15)3-6(2-4)9(16)17;5-3-1-2-7-4(6)8-3/h1-5H;1-3,16-17H;1-2H. The molecule has 248 valence electrons. The van der Waals surface area contributed by atoms with Crippen molar-refractivity contribution in [2.24, 2.45) is 0 Å². The summed E-state index contributed by atoms with van der Waals surface area (Å²) in [6.45, 7) is 0. The van der Waals surface area contributed by atoms with E-state index in [4.69, 9.17) is 44.9 Å². The Morgan fingerprint density at radius 1 is 0.522 bits per heavy atom. The van der Waals surface area contributed by atoms with Crippen LogP contribution in [0.4, 0.5) is 52.7 Å². The van der Waals surface area contributed by atoms with Crippen LogP contribution in [0.1, 0.15) is 22.3 Å². The second-order valence-corrected chi connectivity index (χ2v) is 9.43. The van der Waals surface area contributed by atoms with E-state index in [9.17, 15) is 52.7 Å². The van der Waals surface area contributed by atoms with Gasteiger partial charge in [-0.05, 0) is 65.1 Å². The van der Waals surface area contributed by atoms with Gasteiger partial charge in [-0.15, -0.1) is 0 Å². The highest BCUT2D eigenvalue weighted by Gasteiger charge is 2.38.